The monoisotopic (exact) mass is 269 g/mol. The third-order valence-electron chi connectivity index (χ3n) is 2.70. The zero-order valence-corrected chi connectivity index (χ0v) is 12.2. The van der Waals surface area contributed by atoms with Gasteiger partial charge in [0.15, 0.2) is 5.17 Å². The third kappa shape index (κ3) is 3.71. The zero-order valence-electron chi connectivity index (χ0n) is 10.6. The molecule has 0 aliphatic carbocycles. The predicted molar refractivity (Wildman–Crippen MR) is 77.1 cm³/mol. The minimum Gasteiger partial charge on any atom is -0.364 e. The molecule has 3 nitrogen and oxygen atoms in total. The van der Waals surface area contributed by atoms with Gasteiger partial charge >= 0.3 is 0 Å². The van der Waals surface area contributed by atoms with Gasteiger partial charge < -0.3 is 5.32 Å². The molecule has 0 amide bonds. The predicted octanol–water partition coefficient (Wildman–Crippen LogP) is 2.71. The number of thioether (sulfide) groups is 1. The number of aromatic nitrogens is 1. The van der Waals surface area contributed by atoms with Crippen molar-refractivity contribution in [1.29, 1.82) is 0 Å². The fraction of sp³-hybridized carbons (Fsp3) is 0.667. The van der Waals surface area contributed by atoms with Gasteiger partial charge in [-0.3, -0.25) is 4.99 Å². The van der Waals surface area contributed by atoms with Gasteiger partial charge in [-0.1, -0.05) is 25.6 Å². The first-order chi connectivity index (χ1) is 8.15. The molecule has 1 atom stereocenters. The summed E-state index contributed by atoms with van der Waals surface area (Å²) in [4.78, 5) is 8.98. The lowest BCUT2D eigenvalue weighted by atomic mass is 10.1. The Bertz CT molecular complexity index is 398. The molecule has 2 heterocycles. The van der Waals surface area contributed by atoms with Crippen molar-refractivity contribution < 1.29 is 0 Å². The molecule has 1 aliphatic rings. The molecule has 5 heteroatoms. The van der Waals surface area contributed by atoms with Gasteiger partial charge in [0.05, 0.1) is 11.6 Å². The summed E-state index contributed by atoms with van der Waals surface area (Å²) in [6.45, 7) is 8.45. The second-order valence-corrected chi connectivity index (χ2v) is 6.78. The molecule has 0 spiro atoms. The standard InChI is InChI=1S/C12H19N3S2/c1-8(2)10-6-14-12(17-10)13-5-4-11-15-9(3)7-16-11/h7-8,10H,4-6H2,1-3H3,(H,13,14). The van der Waals surface area contributed by atoms with E-state index in [-0.39, 0.29) is 0 Å². The molecule has 1 aliphatic heterocycles. The Morgan fingerprint density at radius 1 is 1.53 bits per heavy atom. The molecular weight excluding hydrogens is 250 g/mol. The minimum absolute atomic E-state index is 0.652. The summed E-state index contributed by atoms with van der Waals surface area (Å²) >= 11 is 3.62. The van der Waals surface area contributed by atoms with Crippen LogP contribution < -0.4 is 5.32 Å². The third-order valence-corrected chi connectivity index (χ3v) is 5.22. The maximum Gasteiger partial charge on any atom is 0.156 e. The number of aryl methyl sites for hydroxylation is 1. The lowest BCUT2D eigenvalue weighted by Gasteiger charge is -2.11. The molecule has 0 radical (unpaired) electrons. The summed E-state index contributed by atoms with van der Waals surface area (Å²) in [5.41, 5.74) is 1.12. The molecule has 94 valence electrons. The van der Waals surface area contributed by atoms with E-state index in [2.05, 4.69) is 34.5 Å². The van der Waals surface area contributed by atoms with Gasteiger partial charge in [-0.2, -0.15) is 0 Å². The molecule has 0 saturated heterocycles. The van der Waals surface area contributed by atoms with Crippen LogP contribution in [-0.4, -0.2) is 28.5 Å². The number of nitrogens with zero attached hydrogens (tertiary/aromatic N) is 2. The fourth-order valence-electron chi connectivity index (χ4n) is 1.63. The Hall–Kier alpha value is -0.550. The molecule has 0 saturated carbocycles. The summed E-state index contributed by atoms with van der Waals surface area (Å²) < 4.78 is 0. The molecule has 0 fully saturated rings. The fourth-order valence-corrected chi connectivity index (χ4v) is 3.45. The maximum atomic E-state index is 4.53. The van der Waals surface area contributed by atoms with E-state index in [1.165, 1.54) is 5.01 Å². The smallest absolute Gasteiger partial charge is 0.156 e. The average molecular weight is 269 g/mol. The topological polar surface area (TPSA) is 37.3 Å². The molecule has 1 unspecified atom stereocenters. The normalized spacial score (nSPS) is 19.8. The highest BCUT2D eigenvalue weighted by Crippen LogP contribution is 2.25. The number of nitrogens with one attached hydrogen (secondary N) is 1. The highest BCUT2D eigenvalue weighted by molar-refractivity contribution is 8.14. The molecule has 1 N–H and O–H groups in total. The van der Waals surface area contributed by atoms with Crippen molar-refractivity contribution >= 4 is 28.3 Å². The Labute approximate surface area is 111 Å². The van der Waals surface area contributed by atoms with E-state index in [1.807, 2.05) is 18.7 Å². The van der Waals surface area contributed by atoms with Crippen LogP contribution in [0.25, 0.3) is 0 Å². The Kier molecular flexibility index (Phi) is 4.45. The van der Waals surface area contributed by atoms with E-state index in [0.29, 0.717) is 11.2 Å². The SMILES string of the molecule is Cc1csc(CCNC2=NCC(C(C)C)S2)n1. The van der Waals surface area contributed by atoms with E-state index in [1.54, 1.807) is 11.3 Å². The van der Waals surface area contributed by atoms with Crippen LogP contribution in [0.4, 0.5) is 0 Å². The van der Waals surface area contributed by atoms with Gasteiger partial charge in [0, 0.05) is 29.3 Å². The van der Waals surface area contributed by atoms with Crippen LogP contribution in [0.3, 0.4) is 0 Å². The van der Waals surface area contributed by atoms with Crippen molar-refractivity contribution in [3.8, 4) is 0 Å². The van der Waals surface area contributed by atoms with Crippen molar-refractivity contribution in [3.63, 3.8) is 0 Å². The Morgan fingerprint density at radius 2 is 2.35 bits per heavy atom. The number of rotatable bonds is 4. The van der Waals surface area contributed by atoms with Gasteiger partial charge in [-0.25, -0.2) is 4.98 Å². The molecule has 0 aromatic carbocycles. The largest absolute Gasteiger partial charge is 0.364 e. The zero-order chi connectivity index (χ0) is 12.3. The van der Waals surface area contributed by atoms with E-state index >= 15 is 0 Å². The van der Waals surface area contributed by atoms with Crippen LogP contribution in [0.5, 0.6) is 0 Å². The average Bonchev–Trinajstić information content (AvgIpc) is 2.88. The van der Waals surface area contributed by atoms with Crippen LogP contribution in [0.1, 0.15) is 24.5 Å². The molecule has 0 bridgehead atoms. The van der Waals surface area contributed by atoms with Gasteiger partial charge in [0.1, 0.15) is 0 Å². The quantitative estimate of drug-likeness (QED) is 0.913. The highest BCUT2D eigenvalue weighted by atomic mass is 32.2. The van der Waals surface area contributed by atoms with Crippen LogP contribution in [0, 0.1) is 12.8 Å². The number of hydrogen-bond donors (Lipinski definition) is 1. The van der Waals surface area contributed by atoms with E-state index in [0.717, 1.165) is 30.4 Å². The van der Waals surface area contributed by atoms with Crippen LogP contribution in [0.15, 0.2) is 10.4 Å². The van der Waals surface area contributed by atoms with Gasteiger partial charge in [0.2, 0.25) is 0 Å². The summed E-state index contributed by atoms with van der Waals surface area (Å²) in [6, 6.07) is 0. The number of amidine groups is 1. The van der Waals surface area contributed by atoms with E-state index in [9.17, 15) is 0 Å². The van der Waals surface area contributed by atoms with Gasteiger partial charge in [0.25, 0.3) is 0 Å². The van der Waals surface area contributed by atoms with Crippen molar-refractivity contribution in [2.45, 2.75) is 32.4 Å². The van der Waals surface area contributed by atoms with Gasteiger partial charge in [-0.05, 0) is 12.8 Å². The first kappa shape index (κ1) is 12.9. The molecule has 1 aromatic heterocycles. The van der Waals surface area contributed by atoms with E-state index < -0.39 is 0 Å². The first-order valence-electron chi connectivity index (χ1n) is 6.01. The summed E-state index contributed by atoms with van der Waals surface area (Å²) in [7, 11) is 0. The van der Waals surface area contributed by atoms with Gasteiger partial charge in [-0.15, -0.1) is 11.3 Å². The number of thiazole rings is 1. The highest BCUT2D eigenvalue weighted by Gasteiger charge is 2.21. The van der Waals surface area contributed by atoms with Crippen LogP contribution in [-0.2, 0) is 6.42 Å². The lowest BCUT2D eigenvalue weighted by Crippen LogP contribution is -2.22. The molecule has 17 heavy (non-hydrogen) atoms. The summed E-state index contributed by atoms with van der Waals surface area (Å²) in [5, 5.41) is 8.48. The van der Waals surface area contributed by atoms with Crippen LogP contribution >= 0.6 is 23.1 Å². The Morgan fingerprint density at radius 3 is 2.94 bits per heavy atom. The van der Waals surface area contributed by atoms with Crippen LogP contribution in [0.2, 0.25) is 0 Å². The lowest BCUT2D eigenvalue weighted by molar-refractivity contribution is 0.621. The minimum atomic E-state index is 0.652. The maximum absolute atomic E-state index is 4.53. The number of hydrogen-bond acceptors (Lipinski definition) is 5. The van der Waals surface area contributed by atoms with E-state index in [4.69, 9.17) is 0 Å². The van der Waals surface area contributed by atoms with Crippen molar-refractivity contribution in [3.05, 3.63) is 16.1 Å². The molecule has 1 aromatic rings. The molecular formula is C12H19N3S2. The second-order valence-electron chi connectivity index (χ2n) is 4.61. The van der Waals surface area contributed by atoms with Crippen molar-refractivity contribution in [1.82, 2.24) is 10.3 Å². The number of aliphatic imine (C=N–C) groups is 1. The first-order valence-corrected chi connectivity index (χ1v) is 7.77. The van der Waals surface area contributed by atoms with Crippen molar-refractivity contribution in [2.75, 3.05) is 13.1 Å². The van der Waals surface area contributed by atoms with Crippen molar-refractivity contribution in [2.24, 2.45) is 10.9 Å². The summed E-state index contributed by atoms with van der Waals surface area (Å²) in [6.07, 6.45) is 0.991. The summed E-state index contributed by atoms with van der Waals surface area (Å²) in [5.74, 6) is 0.699. The second kappa shape index (κ2) is 5.87. The Balaban J connectivity index is 1.70. The molecule has 2 rings (SSSR count).